The van der Waals surface area contributed by atoms with Gasteiger partial charge in [-0.1, -0.05) is 12.2 Å². The van der Waals surface area contributed by atoms with Gasteiger partial charge in [-0.25, -0.2) is 0 Å². The summed E-state index contributed by atoms with van der Waals surface area (Å²) in [5, 5.41) is 5.54. The molecule has 0 amide bonds. The number of esters is 1. The first-order valence-electron chi connectivity index (χ1n) is 3.94. The lowest BCUT2D eigenvalue weighted by Gasteiger charge is -2.04. The number of hydrogen-bond acceptors (Lipinski definition) is 4. The molecule has 4 nitrogen and oxygen atoms in total. The molecule has 0 spiro atoms. The SMILES string of the molecule is CNCCCOC(=O)CNC(=S)S. The molecule has 0 radical (unpaired) electrons. The first-order valence-corrected chi connectivity index (χ1v) is 4.79. The maximum absolute atomic E-state index is 10.9. The van der Waals surface area contributed by atoms with Crippen LogP contribution in [0.15, 0.2) is 0 Å². The van der Waals surface area contributed by atoms with Crippen LogP contribution in [0.2, 0.25) is 0 Å². The fourth-order valence-electron chi connectivity index (χ4n) is 0.634. The van der Waals surface area contributed by atoms with Crippen molar-refractivity contribution in [2.24, 2.45) is 0 Å². The number of carbonyl (C=O) groups is 1. The second kappa shape index (κ2) is 8.28. The highest BCUT2D eigenvalue weighted by Crippen LogP contribution is 1.83. The maximum atomic E-state index is 10.9. The van der Waals surface area contributed by atoms with E-state index in [4.69, 9.17) is 4.74 Å². The van der Waals surface area contributed by atoms with Gasteiger partial charge in [0, 0.05) is 0 Å². The minimum absolute atomic E-state index is 0.0852. The monoisotopic (exact) mass is 222 g/mol. The summed E-state index contributed by atoms with van der Waals surface area (Å²) >= 11 is 8.40. The van der Waals surface area contributed by atoms with E-state index in [1.807, 2.05) is 7.05 Å². The Labute approximate surface area is 88.8 Å². The first kappa shape index (κ1) is 12.7. The molecule has 0 heterocycles. The fraction of sp³-hybridized carbons (Fsp3) is 0.714. The lowest BCUT2D eigenvalue weighted by molar-refractivity contribution is -0.142. The van der Waals surface area contributed by atoms with E-state index in [0.29, 0.717) is 10.9 Å². The van der Waals surface area contributed by atoms with Crippen molar-refractivity contribution in [2.75, 3.05) is 26.7 Å². The van der Waals surface area contributed by atoms with Gasteiger partial charge in [-0.05, 0) is 20.0 Å². The summed E-state index contributed by atoms with van der Waals surface area (Å²) in [5.41, 5.74) is 0. The van der Waals surface area contributed by atoms with Crippen LogP contribution in [0.25, 0.3) is 0 Å². The van der Waals surface area contributed by atoms with Crippen molar-refractivity contribution in [3.05, 3.63) is 0 Å². The van der Waals surface area contributed by atoms with E-state index in [0.717, 1.165) is 13.0 Å². The van der Waals surface area contributed by atoms with Crippen molar-refractivity contribution < 1.29 is 9.53 Å². The van der Waals surface area contributed by atoms with Gasteiger partial charge >= 0.3 is 5.97 Å². The molecule has 76 valence electrons. The predicted octanol–water partition coefficient (Wildman–Crippen LogP) is -0.0566. The zero-order valence-corrected chi connectivity index (χ0v) is 9.21. The third-order valence-electron chi connectivity index (χ3n) is 1.22. The minimum atomic E-state index is -0.312. The summed E-state index contributed by atoms with van der Waals surface area (Å²) < 4.78 is 5.16. The Morgan fingerprint density at radius 2 is 2.31 bits per heavy atom. The van der Waals surface area contributed by atoms with Crippen LogP contribution in [0, 0.1) is 0 Å². The van der Waals surface area contributed by atoms with Gasteiger partial charge in [-0.3, -0.25) is 4.79 Å². The van der Waals surface area contributed by atoms with Gasteiger partial charge in [0.25, 0.3) is 0 Å². The van der Waals surface area contributed by atoms with Crippen molar-refractivity contribution in [3.63, 3.8) is 0 Å². The molecule has 0 bridgehead atoms. The lowest BCUT2D eigenvalue weighted by atomic mass is 10.4. The highest BCUT2D eigenvalue weighted by Gasteiger charge is 2.01. The normalized spacial score (nSPS) is 9.38. The van der Waals surface area contributed by atoms with Crippen molar-refractivity contribution >= 4 is 35.1 Å². The van der Waals surface area contributed by atoms with Crippen LogP contribution in [0.4, 0.5) is 0 Å². The molecule has 0 aliphatic heterocycles. The molecule has 0 saturated carbocycles. The number of rotatable bonds is 6. The average Bonchev–Trinajstić information content (AvgIpc) is 2.09. The molecule has 0 aliphatic carbocycles. The van der Waals surface area contributed by atoms with E-state index in [1.165, 1.54) is 0 Å². The molecule has 0 aromatic heterocycles. The number of carbonyl (C=O) groups excluding carboxylic acids is 1. The van der Waals surface area contributed by atoms with Crippen molar-refractivity contribution in [2.45, 2.75) is 6.42 Å². The molecule has 6 heteroatoms. The third-order valence-corrected chi connectivity index (χ3v) is 1.52. The Hall–Kier alpha value is -0.330. The Morgan fingerprint density at radius 1 is 1.62 bits per heavy atom. The summed E-state index contributed by atoms with van der Waals surface area (Å²) in [4.78, 5) is 10.9. The van der Waals surface area contributed by atoms with Crippen LogP contribution in [0.5, 0.6) is 0 Å². The Bertz CT molecular complexity index is 176. The minimum Gasteiger partial charge on any atom is -0.464 e. The van der Waals surface area contributed by atoms with E-state index >= 15 is 0 Å². The highest BCUT2D eigenvalue weighted by atomic mass is 32.1. The molecule has 0 saturated heterocycles. The Balaban J connectivity index is 3.25. The zero-order valence-electron chi connectivity index (χ0n) is 7.50. The molecule has 2 N–H and O–H groups in total. The predicted molar refractivity (Wildman–Crippen MR) is 59.1 cm³/mol. The number of hydrogen-bond donors (Lipinski definition) is 3. The number of thiol groups is 1. The molecule has 0 aliphatic rings. The topological polar surface area (TPSA) is 50.4 Å². The summed E-state index contributed by atoms with van der Waals surface area (Å²) in [6, 6.07) is 0. The second-order valence-corrected chi connectivity index (χ2v) is 3.49. The van der Waals surface area contributed by atoms with Gasteiger partial charge in [0.05, 0.1) is 6.61 Å². The van der Waals surface area contributed by atoms with Gasteiger partial charge in [0.2, 0.25) is 0 Å². The Kier molecular flexibility index (Phi) is 8.07. The summed E-state index contributed by atoms with van der Waals surface area (Å²) in [6.45, 7) is 1.36. The number of nitrogens with one attached hydrogen (secondary N) is 2. The quantitative estimate of drug-likeness (QED) is 0.254. The van der Waals surface area contributed by atoms with E-state index in [2.05, 4.69) is 35.5 Å². The van der Waals surface area contributed by atoms with Crippen LogP contribution >= 0.6 is 24.8 Å². The molecule has 0 atom stereocenters. The standard InChI is InChI=1S/C7H14N2O2S2/c1-8-3-2-4-11-6(10)5-9-7(12)13/h8H,2-5H2,1H3,(H2,9,12,13). The molecule has 13 heavy (non-hydrogen) atoms. The van der Waals surface area contributed by atoms with E-state index in [-0.39, 0.29) is 12.5 Å². The van der Waals surface area contributed by atoms with Crippen LogP contribution in [-0.4, -0.2) is 37.0 Å². The molecular formula is C7H14N2O2S2. The van der Waals surface area contributed by atoms with Crippen molar-refractivity contribution in [1.82, 2.24) is 10.6 Å². The van der Waals surface area contributed by atoms with Crippen LogP contribution < -0.4 is 10.6 Å². The first-order chi connectivity index (χ1) is 6.16. The lowest BCUT2D eigenvalue weighted by Crippen LogP contribution is -2.27. The number of ether oxygens (including phenoxy) is 1. The fourth-order valence-corrected chi connectivity index (χ4v) is 0.785. The average molecular weight is 222 g/mol. The molecule has 0 aromatic rings. The molecular weight excluding hydrogens is 208 g/mol. The van der Waals surface area contributed by atoms with E-state index in [9.17, 15) is 4.79 Å². The summed E-state index contributed by atoms with van der Waals surface area (Å²) in [7, 11) is 1.85. The van der Waals surface area contributed by atoms with Crippen LogP contribution in [0.3, 0.4) is 0 Å². The van der Waals surface area contributed by atoms with E-state index < -0.39 is 0 Å². The largest absolute Gasteiger partial charge is 0.464 e. The molecule has 0 aromatic carbocycles. The summed E-state index contributed by atoms with van der Waals surface area (Å²) in [6.07, 6.45) is 0.813. The smallest absolute Gasteiger partial charge is 0.325 e. The van der Waals surface area contributed by atoms with Crippen molar-refractivity contribution in [1.29, 1.82) is 0 Å². The van der Waals surface area contributed by atoms with E-state index in [1.54, 1.807) is 0 Å². The molecule has 0 unspecified atom stereocenters. The van der Waals surface area contributed by atoms with Gasteiger partial charge < -0.3 is 15.4 Å². The highest BCUT2D eigenvalue weighted by molar-refractivity contribution is 8.11. The molecule has 0 rings (SSSR count). The Morgan fingerprint density at radius 3 is 2.85 bits per heavy atom. The van der Waals surface area contributed by atoms with Gasteiger partial charge in [0.1, 0.15) is 10.9 Å². The molecule has 0 fully saturated rings. The maximum Gasteiger partial charge on any atom is 0.325 e. The number of thiocarbonyl (C=S) groups is 1. The third kappa shape index (κ3) is 9.59. The van der Waals surface area contributed by atoms with Crippen LogP contribution in [0.1, 0.15) is 6.42 Å². The summed E-state index contributed by atoms with van der Waals surface area (Å²) in [5.74, 6) is -0.312. The second-order valence-electron chi connectivity index (χ2n) is 2.34. The van der Waals surface area contributed by atoms with Gasteiger partial charge in [-0.2, -0.15) is 0 Å². The zero-order chi connectivity index (χ0) is 10.1. The van der Waals surface area contributed by atoms with Crippen LogP contribution in [-0.2, 0) is 9.53 Å². The van der Waals surface area contributed by atoms with Gasteiger partial charge in [-0.15, -0.1) is 12.6 Å². The van der Waals surface area contributed by atoms with Gasteiger partial charge in [0.15, 0.2) is 0 Å². The van der Waals surface area contributed by atoms with Crippen molar-refractivity contribution in [3.8, 4) is 0 Å².